The van der Waals surface area contributed by atoms with Crippen LogP contribution in [0.2, 0.25) is 0 Å². The maximum atomic E-state index is 11.5. The van der Waals surface area contributed by atoms with Gasteiger partial charge in [-0.3, -0.25) is 4.79 Å². The first kappa shape index (κ1) is 13.3. The molecule has 0 bridgehead atoms. The molecule has 0 spiro atoms. The summed E-state index contributed by atoms with van der Waals surface area (Å²) in [6.45, 7) is 4.72. The van der Waals surface area contributed by atoms with E-state index in [1.54, 1.807) is 6.20 Å². The molecule has 1 aromatic heterocycles. The van der Waals surface area contributed by atoms with E-state index in [1.165, 1.54) is 0 Å². The van der Waals surface area contributed by atoms with Crippen LogP contribution in [0, 0.1) is 6.92 Å². The number of carboxylic acid groups (broad SMARTS) is 1. The molecule has 0 saturated heterocycles. The Kier molecular flexibility index (Phi) is 4.00. The third-order valence-electron chi connectivity index (χ3n) is 3.22. The summed E-state index contributed by atoms with van der Waals surface area (Å²) in [5, 5.41) is 9.44. The summed E-state index contributed by atoms with van der Waals surface area (Å²) in [6.07, 6.45) is 3.94. The summed E-state index contributed by atoms with van der Waals surface area (Å²) in [5.41, 5.74) is 2.17. The van der Waals surface area contributed by atoms with E-state index >= 15 is 0 Å². The van der Waals surface area contributed by atoms with Gasteiger partial charge in [0.1, 0.15) is 11.7 Å². The van der Waals surface area contributed by atoms with Gasteiger partial charge in [-0.25, -0.2) is 4.98 Å². The highest BCUT2D eigenvalue weighted by Crippen LogP contribution is 2.20. The fourth-order valence-electron chi connectivity index (χ4n) is 2.26. The van der Waals surface area contributed by atoms with E-state index in [-0.39, 0.29) is 0 Å². The lowest BCUT2D eigenvalue weighted by molar-refractivity contribution is -0.139. The quantitative estimate of drug-likeness (QED) is 0.897. The van der Waals surface area contributed by atoms with Gasteiger partial charge in [-0.05, 0) is 25.8 Å². The van der Waals surface area contributed by atoms with Crippen LogP contribution in [0.15, 0.2) is 36.7 Å². The SMILES string of the molecule is CCn1ccnc1C(Cc1cccc(C)c1)C(=O)O. The summed E-state index contributed by atoms with van der Waals surface area (Å²) >= 11 is 0. The highest BCUT2D eigenvalue weighted by Gasteiger charge is 2.24. The Bertz CT molecular complexity index is 575. The number of carboxylic acids is 1. The minimum absolute atomic E-state index is 0.466. The molecule has 0 radical (unpaired) electrons. The largest absolute Gasteiger partial charge is 0.481 e. The third kappa shape index (κ3) is 3.02. The molecule has 19 heavy (non-hydrogen) atoms. The van der Waals surface area contributed by atoms with Crippen molar-refractivity contribution in [2.24, 2.45) is 0 Å². The molecule has 0 amide bonds. The molecule has 0 aliphatic rings. The van der Waals surface area contributed by atoms with Gasteiger partial charge in [0.25, 0.3) is 0 Å². The average molecular weight is 258 g/mol. The Hall–Kier alpha value is -2.10. The number of rotatable bonds is 5. The summed E-state index contributed by atoms with van der Waals surface area (Å²) in [7, 11) is 0. The molecule has 100 valence electrons. The molecular weight excluding hydrogens is 240 g/mol. The lowest BCUT2D eigenvalue weighted by Gasteiger charge is -2.14. The van der Waals surface area contributed by atoms with Crippen molar-refractivity contribution in [1.29, 1.82) is 0 Å². The predicted octanol–water partition coefficient (Wildman–Crippen LogP) is 2.62. The lowest BCUT2D eigenvalue weighted by Crippen LogP contribution is -2.19. The van der Waals surface area contributed by atoms with Gasteiger partial charge in [0.15, 0.2) is 0 Å². The van der Waals surface area contributed by atoms with E-state index in [2.05, 4.69) is 4.98 Å². The van der Waals surface area contributed by atoms with Crippen LogP contribution in [0.3, 0.4) is 0 Å². The average Bonchev–Trinajstić information content (AvgIpc) is 2.83. The molecule has 0 aliphatic carbocycles. The van der Waals surface area contributed by atoms with Crippen LogP contribution < -0.4 is 0 Å². The smallest absolute Gasteiger partial charge is 0.314 e. The molecule has 4 nitrogen and oxygen atoms in total. The molecule has 1 heterocycles. The molecule has 0 aliphatic heterocycles. The second kappa shape index (κ2) is 5.69. The summed E-state index contributed by atoms with van der Waals surface area (Å²) < 4.78 is 1.88. The summed E-state index contributed by atoms with van der Waals surface area (Å²) in [6, 6.07) is 7.94. The Balaban J connectivity index is 2.29. The van der Waals surface area contributed by atoms with Crippen LogP contribution in [0.5, 0.6) is 0 Å². The maximum Gasteiger partial charge on any atom is 0.314 e. The number of hydrogen-bond donors (Lipinski definition) is 1. The topological polar surface area (TPSA) is 55.1 Å². The number of nitrogens with zero attached hydrogens (tertiary/aromatic N) is 2. The van der Waals surface area contributed by atoms with Crippen LogP contribution in [0.4, 0.5) is 0 Å². The van der Waals surface area contributed by atoms with Crippen LogP contribution >= 0.6 is 0 Å². The van der Waals surface area contributed by atoms with Gasteiger partial charge in [-0.1, -0.05) is 29.8 Å². The third-order valence-corrected chi connectivity index (χ3v) is 3.22. The van der Waals surface area contributed by atoms with Crippen molar-refractivity contribution in [3.63, 3.8) is 0 Å². The van der Waals surface area contributed by atoms with Crippen molar-refractivity contribution in [3.05, 3.63) is 53.6 Å². The van der Waals surface area contributed by atoms with Gasteiger partial charge in [-0.15, -0.1) is 0 Å². The van der Waals surface area contributed by atoms with Crippen molar-refractivity contribution in [3.8, 4) is 0 Å². The Labute approximate surface area is 112 Å². The van der Waals surface area contributed by atoms with Gasteiger partial charge in [0.2, 0.25) is 0 Å². The Morgan fingerprint density at radius 3 is 2.89 bits per heavy atom. The number of benzene rings is 1. The lowest BCUT2D eigenvalue weighted by atomic mass is 9.97. The van der Waals surface area contributed by atoms with Crippen molar-refractivity contribution in [2.75, 3.05) is 0 Å². The highest BCUT2D eigenvalue weighted by molar-refractivity contribution is 5.75. The van der Waals surface area contributed by atoms with Gasteiger partial charge in [0, 0.05) is 18.9 Å². The second-order valence-electron chi connectivity index (χ2n) is 4.66. The molecule has 2 rings (SSSR count). The second-order valence-corrected chi connectivity index (χ2v) is 4.66. The van der Waals surface area contributed by atoms with Gasteiger partial charge in [-0.2, -0.15) is 0 Å². The van der Waals surface area contributed by atoms with E-state index in [0.29, 0.717) is 12.2 Å². The number of aliphatic carboxylic acids is 1. The first-order valence-corrected chi connectivity index (χ1v) is 6.41. The molecule has 1 N–H and O–H groups in total. The number of aromatic nitrogens is 2. The van der Waals surface area contributed by atoms with Crippen LogP contribution in [0.1, 0.15) is 29.8 Å². The molecule has 1 aromatic carbocycles. The molecule has 1 unspecified atom stereocenters. The van der Waals surface area contributed by atoms with Crippen LogP contribution in [-0.2, 0) is 17.8 Å². The Morgan fingerprint density at radius 1 is 1.47 bits per heavy atom. The van der Waals surface area contributed by atoms with E-state index in [0.717, 1.165) is 17.7 Å². The normalized spacial score (nSPS) is 12.3. The maximum absolute atomic E-state index is 11.5. The van der Waals surface area contributed by atoms with Crippen molar-refractivity contribution < 1.29 is 9.90 Å². The fourth-order valence-corrected chi connectivity index (χ4v) is 2.26. The molecule has 2 aromatic rings. The molecule has 1 atom stereocenters. The van der Waals surface area contributed by atoms with Gasteiger partial charge >= 0.3 is 5.97 Å². The highest BCUT2D eigenvalue weighted by atomic mass is 16.4. The van der Waals surface area contributed by atoms with Crippen molar-refractivity contribution in [1.82, 2.24) is 9.55 Å². The number of carbonyl (C=O) groups is 1. The van der Waals surface area contributed by atoms with E-state index < -0.39 is 11.9 Å². The minimum Gasteiger partial charge on any atom is -0.481 e. The standard InChI is InChI=1S/C15H18N2O2/c1-3-17-8-7-16-14(17)13(15(18)19)10-12-6-4-5-11(2)9-12/h4-9,13H,3,10H2,1-2H3,(H,18,19). The predicted molar refractivity (Wildman–Crippen MR) is 73.2 cm³/mol. The number of hydrogen-bond acceptors (Lipinski definition) is 2. The first-order valence-electron chi connectivity index (χ1n) is 6.41. The zero-order chi connectivity index (χ0) is 13.8. The van der Waals surface area contributed by atoms with E-state index in [1.807, 2.05) is 48.9 Å². The first-order chi connectivity index (χ1) is 9.11. The van der Waals surface area contributed by atoms with Crippen molar-refractivity contribution in [2.45, 2.75) is 32.7 Å². The minimum atomic E-state index is -0.831. The number of aryl methyl sites for hydroxylation is 2. The van der Waals surface area contributed by atoms with Crippen LogP contribution in [0.25, 0.3) is 0 Å². The van der Waals surface area contributed by atoms with Crippen LogP contribution in [-0.4, -0.2) is 20.6 Å². The number of imidazole rings is 1. The van der Waals surface area contributed by atoms with Gasteiger partial charge < -0.3 is 9.67 Å². The van der Waals surface area contributed by atoms with E-state index in [4.69, 9.17) is 0 Å². The summed E-state index contributed by atoms with van der Waals surface area (Å²) in [5.74, 6) is -0.810. The molecule has 0 fully saturated rings. The molecule has 0 saturated carbocycles. The zero-order valence-corrected chi connectivity index (χ0v) is 11.2. The molecule has 4 heteroatoms. The molecular formula is C15H18N2O2. The summed E-state index contributed by atoms with van der Waals surface area (Å²) in [4.78, 5) is 15.7. The van der Waals surface area contributed by atoms with Gasteiger partial charge in [0.05, 0.1) is 0 Å². The van der Waals surface area contributed by atoms with E-state index in [9.17, 15) is 9.90 Å². The zero-order valence-electron chi connectivity index (χ0n) is 11.2. The monoisotopic (exact) mass is 258 g/mol. The Morgan fingerprint density at radius 2 is 2.26 bits per heavy atom. The van der Waals surface area contributed by atoms with Crippen molar-refractivity contribution >= 4 is 5.97 Å². The fraction of sp³-hybridized carbons (Fsp3) is 0.333.